The molecule has 0 aliphatic rings. The number of carboxylic acids is 1. The maximum atomic E-state index is 10.5. The van der Waals surface area contributed by atoms with Crippen LogP contribution in [0, 0.1) is 13.8 Å². The zero-order valence-corrected chi connectivity index (χ0v) is 13.3. The Morgan fingerprint density at radius 2 is 2.00 bits per heavy atom. The van der Waals surface area contributed by atoms with Crippen molar-refractivity contribution in [2.75, 3.05) is 6.61 Å². The lowest BCUT2D eigenvalue weighted by Gasteiger charge is -2.10. The second-order valence-corrected chi connectivity index (χ2v) is 6.17. The van der Waals surface area contributed by atoms with Crippen LogP contribution in [0.15, 0.2) is 46.2 Å². The van der Waals surface area contributed by atoms with E-state index in [1.165, 1.54) is 0 Å². The van der Waals surface area contributed by atoms with E-state index in [0.717, 1.165) is 25.9 Å². The Labute approximate surface area is 132 Å². The van der Waals surface area contributed by atoms with Gasteiger partial charge in [0, 0.05) is 9.79 Å². The third kappa shape index (κ3) is 4.41. The molecule has 2 aromatic rings. The minimum Gasteiger partial charge on any atom is -0.482 e. The average Bonchev–Trinajstić information content (AvgIpc) is 2.41. The van der Waals surface area contributed by atoms with E-state index in [-0.39, 0.29) is 6.61 Å². The summed E-state index contributed by atoms with van der Waals surface area (Å²) in [6.45, 7) is 3.55. The van der Waals surface area contributed by atoms with Gasteiger partial charge < -0.3 is 9.84 Å². The summed E-state index contributed by atoms with van der Waals surface area (Å²) in [5.74, 6) is -0.406. The minimum absolute atomic E-state index is 0.336. The van der Waals surface area contributed by atoms with E-state index in [1.807, 2.05) is 44.2 Å². The minimum atomic E-state index is -0.987. The summed E-state index contributed by atoms with van der Waals surface area (Å²) in [5, 5.41) is 9.35. The quantitative estimate of drug-likeness (QED) is 0.875. The molecule has 0 fully saturated rings. The molecule has 0 atom stereocenters. The molecule has 0 amide bonds. The van der Waals surface area contributed by atoms with Crippen LogP contribution in [0.3, 0.4) is 0 Å². The van der Waals surface area contributed by atoms with Crippen molar-refractivity contribution in [1.29, 1.82) is 0 Å². The largest absolute Gasteiger partial charge is 0.482 e. The molecule has 3 nitrogen and oxygen atoms in total. The number of hydrogen-bond acceptors (Lipinski definition) is 3. The van der Waals surface area contributed by atoms with Crippen LogP contribution >= 0.6 is 23.4 Å². The molecule has 0 spiro atoms. The van der Waals surface area contributed by atoms with Crippen LogP contribution in [0.5, 0.6) is 5.75 Å². The van der Waals surface area contributed by atoms with Crippen molar-refractivity contribution in [2.45, 2.75) is 23.6 Å². The van der Waals surface area contributed by atoms with E-state index < -0.39 is 5.97 Å². The molecule has 0 saturated carbocycles. The van der Waals surface area contributed by atoms with Gasteiger partial charge >= 0.3 is 5.97 Å². The molecule has 0 aromatic heterocycles. The first-order chi connectivity index (χ1) is 9.95. The van der Waals surface area contributed by atoms with Gasteiger partial charge in [0.2, 0.25) is 0 Å². The highest BCUT2D eigenvalue weighted by Crippen LogP contribution is 2.35. The molecule has 2 aromatic carbocycles. The van der Waals surface area contributed by atoms with Gasteiger partial charge in [-0.25, -0.2) is 4.79 Å². The molecule has 0 aliphatic heterocycles. The number of halogens is 1. The lowest BCUT2D eigenvalue weighted by atomic mass is 10.2. The van der Waals surface area contributed by atoms with Crippen LogP contribution in [-0.4, -0.2) is 17.7 Å². The smallest absolute Gasteiger partial charge is 0.341 e. The Bertz CT molecular complexity index is 671. The Morgan fingerprint density at radius 1 is 1.24 bits per heavy atom. The zero-order valence-electron chi connectivity index (χ0n) is 11.7. The molecule has 0 bridgehead atoms. The topological polar surface area (TPSA) is 46.5 Å². The van der Waals surface area contributed by atoms with Gasteiger partial charge in [0.05, 0.1) is 5.02 Å². The fourth-order valence-corrected chi connectivity index (χ4v) is 3.07. The molecule has 0 heterocycles. The summed E-state index contributed by atoms with van der Waals surface area (Å²) in [5.41, 5.74) is 2.02. The number of benzene rings is 2. The van der Waals surface area contributed by atoms with E-state index in [2.05, 4.69) is 0 Å². The fraction of sp³-hybridized carbons (Fsp3) is 0.188. The second kappa shape index (κ2) is 6.87. The van der Waals surface area contributed by atoms with Crippen LogP contribution in [0.2, 0.25) is 5.02 Å². The van der Waals surface area contributed by atoms with Crippen molar-refractivity contribution in [3.05, 3.63) is 52.5 Å². The molecule has 1 N–H and O–H groups in total. The standard InChI is InChI=1S/C16H15ClO3S/c1-10-3-6-15(13(17)7-10)21-12-4-5-14(11(2)8-12)20-9-16(18)19/h3-8H,9H2,1-2H3,(H,18,19). The van der Waals surface area contributed by atoms with Gasteiger partial charge in [-0.2, -0.15) is 0 Å². The molecular formula is C16H15ClO3S. The molecule has 0 radical (unpaired) electrons. The van der Waals surface area contributed by atoms with Crippen molar-refractivity contribution in [3.63, 3.8) is 0 Å². The number of aryl methyl sites for hydroxylation is 2. The predicted molar refractivity (Wildman–Crippen MR) is 84.6 cm³/mol. The number of rotatable bonds is 5. The first-order valence-electron chi connectivity index (χ1n) is 6.35. The number of hydrogen-bond donors (Lipinski definition) is 1. The average molecular weight is 323 g/mol. The molecule has 2 rings (SSSR count). The second-order valence-electron chi connectivity index (χ2n) is 4.65. The van der Waals surface area contributed by atoms with Gasteiger partial charge in [0.25, 0.3) is 0 Å². The third-order valence-corrected chi connectivity index (χ3v) is 4.30. The SMILES string of the molecule is Cc1ccc(Sc2ccc(OCC(=O)O)c(C)c2)c(Cl)c1. The van der Waals surface area contributed by atoms with Gasteiger partial charge in [-0.1, -0.05) is 29.4 Å². The molecule has 110 valence electrons. The zero-order chi connectivity index (χ0) is 15.4. The highest BCUT2D eigenvalue weighted by molar-refractivity contribution is 7.99. The number of ether oxygens (including phenoxy) is 1. The highest BCUT2D eigenvalue weighted by atomic mass is 35.5. The van der Waals surface area contributed by atoms with Crippen LogP contribution in [0.1, 0.15) is 11.1 Å². The maximum Gasteiger partial charge on any atom is 0.341 e. The summed E-state index contributed by atoms with van der Waals surface area (Å²) >= 11 is 7.79. The summed E-state index contributed by atoms with van der Waals surface area (Å²) in [6, 6.07) is 11.6. The fourth-order valence-electron chi connectivity index (χ4n) is 1.80. The van der Waals surface area contributed by atoms with E-state index in [4.69, 9.17) is 21.4 Å². The molecule has 21 heavy (non-hydrogen) atoms. The maximum absolute atomic E-state index is 10.5. The summed E-state index contributed by atoms with van der Waals surface area (Å²) in [6.07, 6.45) is 0. The van der Waals surface area contributed by atoms with Gasteiger partial charge in [0.1, 0.15) is 5.75 Å². The molecule has 0 saturated heterocycles. The van der Waals surface area contributed by atoms with Gasteiger partial charge in [-0.05, 0) is 55.3 Å². The monoisotopic (exact) mass is 322 g/mol. The van der Waals surface area contributed by atoms with Crippen molar-refractivity contribution in [2.24, 2.45) is 0 Å². The Hall–Kier alpha value is -1.65. The number of aliphatic carboxylic acids is 1. The summed E-state index contributed by atoms with van der Waals surface area (Å²) in [7, 11) is 0. The van der Waals surface area contributed by atoms with E-state index in [9.17, 15) is 4.79 Å². The lowest BCUT2D eigenvalue weighted by molar-refractivity contribution is -0.139. The number of carbonyl (C=O) groups is 1. The molecule has 5 heteroatoms. The van der Waals surface area contributed by atoms with Gasteiger partial charge in [0.15, 0.2) is 6.61 Å². The molecule has 0 aliphatic carbocycles. The number of carboxylic acid groups (broad SMARTS) is 1. The lowest BCUT2D eigenvalue weighted by Crippen LogP contribution is -2.09. The Balaban J connectivity index is 2.14. The van der Waals surface area contributed by atoms with E-state index >= 15 is 0 Å². The Morgan fingerprint density at radius 3 is 2.62 bits per heavy atom. The highest BCUT2D eigenvalue weighted by Gasteiger charge is 2.07. The third-order valence-electron chi connectivity index (χ3n) is 2.81. The van der Waals surface area contributed by atoms with Crippen LogP contribution < -0.4 is 4.74 Å². The van der Waals surface area contributed by atoms with Crippen LogP contribution in [0.25, 0.3) is 0 Å². The summed E-state index contributed by atoms with van der Waals surface area (Å²) in [4.78, 5) is 12.5. The van der Waals surface area contributed by atoms with Crippen LogP contribution in [0.4, 0.5) is 0 Å². The first-order valence-corrected chi connectivity index (χ1v) is 7.54. The van der Waals surface area contributed by atoms with Crippen molar-refractivity contribution < 1.29 is 14.6 Å². The van der Waals surface area contributed by atoms with E-state index in [0.29, 0.717) is 5.75 Å². The van der Waals surface area contributed by atoms with Crippen LogP contribution in [-0.2, 0) is 4.79 Å². The van der Waals surface area contributed by atoms with Gasteiger partial charge in [-0.15, -0.1) is 0 Å². The van der Waals surface area contributed by atoms with Crippen molar-refractivity contribution in [1.82, 2.24) is 0 Å². The van der Waals surface area contributed by atoms with Gasteiger partial charge in [-0.3, -0.25) is 0 Å². The summed E-state index contributed by atoms with van der Waals surface area (Å²) < 4.78 is 5.21. The molecular weight excluding hydrogens is 308 g/mol. The first kappa shape index (κ1) is 15.7. The van der Waals surface area contributed by atoms with E-state index in [1.54, 1.807) is 17.8 Å². The Kier molecular flexibility index (Phi) is 5.15. The van der Waals surface area contributed by atoms with Crippen molar-refractivity contribution in [3.8, 4) is 5.75 Å². The predicted octanol–water partition coefficient (Wildman–Crippen LogP) is 4.57. The van der Waals surface area contributed by atoms with Crippen molar-refractivity contribution >= 4 is 29.3 Å². The normalized spacial score (nSPS) is 10.4. The molecule has 0 unspecified atom stereocenters.